The van der Waals surface area contributed by atoms with Crippen molar-refractivity contribution in [2.24, 2.45) is 0 Å². The highest BCUT2D eigenvalue weighted by molar-refractivity contribution is 5.67. The molecule has 2 rings (SSSR count). The fourth-order valence-corrected chi connectivity index (χ4v) is 3.55. The molecule has 2 aliphatic rings. The van der Waals surface area contributed by atoms with Gasteiger partial charge >= 0.3 is 6.09 Å². The van der Waals surface area contributed by atoms with Gasteiger partial charge in [0, 0.05) is 25.9 Å². The SMILES string of the molecule is CCOC(=O)N1CCC([NH2+]C2CCCCCCC2)CC1. The molecule has 0 aromatic carbocycles. The summed E-state index contributed by atoms with van der Waals surface area (Å²) in [6.07, 6.45) is 12.0. The van der Waals surface area contributed by atoms with Crippen LogP contribution in [0.2, 0.25) is 0 Å². The van der Waals surface area contributed by atoms with Crippen LogP contribution in [0.25, 0.3) is 0 Å². The van der Waals surface area contributed by atoms with Gasteiger partial charge in [-0.2, -0.15) is 0 Å². The molecule has 0 radical (unpaired) electrons. The maximum atomic E-state index is 11.7. The Bertz CT molecular complexity index is 280. The van der Waals surface area contributed by atoms with Crippen LogP contribution in [-0.4, -0.2) is 42.8 Å². The number of carbonyl (C=O) groups excluding carboxylic acids is 1. The number of amides is 1. The first kappa shape index (κ1) is 15.6. The maximum absolute atomic E-state index is 11.7. The number of hydrogen-bond acceptors (Lipinski definition) is 2. The van der Waals surface area contributed by atoms with Gasteiger partial charge in [-0.15, -0.1) is 0 Å². The number of nitrogens with two attached hydrogens (primary N) is 1. The second kappa shape index (κ2) is 8.50. The van der Waals surface area contributed by atoms with Crippen molar-refractivity contribution in [2.45, 2.75) is 76.8 Å². The molecule has 0 aromatic heterocycles. The molecule has 2 fully saturated rings. The van der Waals surface area contributed by atoms with Crippen LogP contribution in [0.15, 0.2) is 0 Å². The molecule has 1 amide bonds. The average molecular weight is 283 g/mol. The fourth-order valence-electron chi connectivity index (χ4n) is 3.55. The number of hydrogen-bond donors (Lipinski definition) is 1. The lowest BCUT2D eigenvalue weighted by molar-refractivity contribution is -0.725. The van der Waals surface area contributed by atoms with Gasteiger partial charge in [-0.1, -0.05) is 19.3 Å². The first-order valence-electron chi connectivity index (χ1n) is 8.56. The Morgan fingerprint density at radius 3 is 2.15 bits per heavy atom. The van der Waals surface area contributed by atoms with E-state index in [0.29, 0.717) is 12.6 Å². The molecule has 20 heavy (non-hydrogen) atoms. The summed E-state index contributed by atoms with van der Waals surface area (Å²) in [4.78, 5) is 13.5. The lowest BCUT2D eigenvalue weighted by Gasteiger charge is -2.32. The van der Waals surface area contributed by atoms with Crippen LogP contribution in [0.3, 0.4) is 0 Å². The Labute approximate surface area is 123 Å². The highest BCUT2D eigenvalue weighted by atomic mass is 16.6. The van der Waals surface area contributed by atoms with E-state index in [9.17, 15) is 4.79 Å². The Morgan fingerprint density at radius 1 is 1.00 bits per heavy atom. The van der Waals surface area contributed by atoms with Crippen LogP contribution in [-0.2, 0) is 4.74 Å². The lowest BCUT2D eigenvalue weighted by Crippen LogP contribution is -2.95. The van der Waals surface area contributed by atoms with Crippen molar-refractivity contribution in [3.8, 4) is 0 Å². The predicted molar refractivity (Wildman–Crippen MR) is 79.6 cm³/mol. The zero-order valence-corrected chi connectivity index (χ0v) is 13.0. The van der Waals surface area contributed by atoms with Crippen LogP contribution in [0.1, 0.15) is 64.7 Å². The molecular weight excluding hydrogens is 252 g/mol. The van der Waals surface area contributed by atoms with Crippen LogP contribution >= 0.6 is 0 Å². The molecule has 4 nitrogen and oxygen atoms in total. The quantitative estimate of drug-likeness (QED) is 0.864. The highest BCUT2D eigenvalue weighted by Crippen LogP contribution is 2.16. The summed E-state index contributed by atoms with van der Waals surface area (Å²) in [6, 6.07) is 1.54. The molecular formula is C16H31N2O2+. The third kappa shape index (κ3) is 4.97. The molecule has 2 N–H and O–H groups in total. The summed E-state index contributed by atoms with van der Waals surface area (Å²) in [7, 11) is 0. The number of nitrogens with zero attached hydrogens (tertiary/aromatic N) is 1. The summed E-state index contributed by atoms with van der Waals surface area (Å²) in [5.74, 6) is 0. The van der Waals surface area contributed by atoms with E-state index >= 15 is 0 Å². The van der Waals surface area contributed by atoms with Crippen molar-refractivity contribution in [3.05, 3.63) is 0 Å². The third-order valence-electron chi connectivity index (χ3n) is 4.76. The minimum atomic E-state index is -0.128. The summed E-state index contributed by atoms with van der Waals surface area (Å²) in [5.41, 5.74) is 0. The van der Waals surface area contributed by atoms with Gasteiger partial charge in [0.15, 0.2) is 0 Å². The molecule has 4 heteroatoms. The van der Waals surface area contributed by atoms with Gasteiger partial charge < -0.3 is 15.0 Å². The Balaban J connectivity index is 1.69. The smallest absolute Gasteiger partial charge is 0.409 e. The zero-order chi connectivity index (χ0) is 14.2. The largest absolute Gasteiger partial charge is 0.450 e. The van der Waals surface area contributed by atoms with Crippen molar-refractivity contribution in [2.75, 3.05) is 19.7 Å². The molecule has 0 atom stereocenters. The number of quaternary nitrogens is 1. The van der Waals surface area contributed by atoms with Crippen molar-refractivity contribution in [1.29, 1.82) is 0 Å². The van der Waals surface area contributed by atoms with Gasteiger partial charge in [0.25, 0.3) is 0 Å². The first-order valence-corrected chi connectivity index (χ1v) is 8.56. The van der Waals surface area contributed by atoms with E-state index in [1.54, 1.807) is 0 Å². The highest BCUT2D eigenvalue weighted by Gasteiger charge is 2.27. The summed E-state index contributed by atoms with van der Waals surface area (Å²) in [5, 5.41) is 2.62. The minimum Gasteiger partial charge on any atom is -0.450 e. The van der Waals surface area contributed by atoms with Crippen LogP contribution in [0.4, 0.5) is 4.79 Å². The van der Waals surface area contributed by atoms with E-state index in [1.807, 2.05) is 11.8 Å². The van der Waals surface area contributed by atoms with E-state index in [-0.39, 0.29) is 6.09 Å². The first-order chi connectivity index (χ1) is 9.79. The van der Waals surface area contributed by atoms with Crippen molar-refractivity contribution < 1.29 is 14.8 Å². The van der Waals surface area contributed by atoms with E-state index in [1.165, 1.54) is 44.9 Å². The number of ether oxygens (including phenoxy) is 1. The van der Waals surface area contributed by atoms with Crippen molar-refractivity contribution in [1.82, 2.24) is 4.90 Å². The predicted octanol–water partition coefficient (Wildman–Crippen LogP) is 2.28. The normalized spacial score (nSPS) is 23.1. The summed E-state index contributed by atoms with van der Waals surface area (Å²) < 4.78 is 5.07. The van der Waals surface area contributed by atoms with Gasteiger partial charge in [-0.05, 0) is 32.6 Å². The lowest BCUT2D eigenvalue weighted by atomic mass is 9.95. The zero-order valence-electron chi connectivity index (χ0n) is 13.0. The summed E-state index contributed by atoms with van der Waals surface area (Å²) >= 11 is 0. The van der Waals surface area contributed by atoms with E-state index in [0.717, 1.165) is 32.0 Å². The second-order valence-corrected chi connectivity index (χ2v) is 6.32. The molecule has 1 saturated heterocycles. The molecule has 0 unspecified atom stereocenters. The average Bonchev–Trinajstić information content (AvgIpc) is 2.43. The van der Waals surface area contributed by atoms with Crippen LogP contribution in [0.5, 0.6) is 0 Å². The van der Waals surface area contributed by atoms with Gasteiger partial charge in [-0.3, -0.25) is 0 Å². The minimum absolute atomic E-state index is 0.128. The summed E-state index contributed by atoms with van der Waals surface area (Å²) in [6.45, 7) is 4.08. The second-order valence-electron chi connectivity index (χ2n) is 6.32. The Hall–Kier alpha value is -0.770. The molecule has 1 saturated carbocycles. The number of carbonyl (C=O) groups is 1. The van der Waals surface area contributed by atoms with Crippen molar-refractivity contribution >= 4 is 6.09 Å². The monoisotopic (exact) mass is 283 g/mol. The van der Waals surface area contributed by atoms with E-state index in [4.69, 9.17) is 4.74 Å². The van der Waals surface area contributed by atoms with Crippen LogP contribution < -0.4 is 5.32 Å². The molecule has 0 bridgehead atoms. The standard InChI is InChI=1S/C16H30N2O2/c1-2-20-16(19)18-12-10-15(11-13-18)17-14-8-6-4-3-5-7-9-14/h14-15,17H,2-13H2,1H3/p+1. The third-order valence-corrected chi connectivity index (χ3v) is 4.76. The Kier molecular flexibility index (Phi) is 6.64. The topological polar surface area (TPSA) is 46.1 Å². The van der Waals surface area contributed by atoms with Crippen molar-refractivity contribution in [3.63, 3.8) is 0 Å². The number of rotatable bonds is 3. The maximum Gasteiger partial charge on any atom is 0.409 e. The molecule has 1 heterocycles. The van der Waals surface area contributed by atoms with E-state index in [2.05, 4.69) is 5.32 Å². The molecule has 1 aliphatic heterocycles. The van der Waals surface area contributed by atoms with Gasteiger partial charge in [-0.25, -0.2) is 4.79 Å². The number of piperidine rings is 1. The molecule has 116 valence electrons. The number of likely N-dealkylation sites (tertiary alicyclic amines) is 1. The molecule has 0 aromatic rings. The van der Waals surface area contributed by atoms with Gasteiger partial charge in [0.05, 0.1) is 18.7 Å². The fraction of sp³-hybridized carbons (Fsp3) is 0.938. The molecule has 0 spiro atoms. The van der Waals surface area contributed by atoms with E-state index < -0.39 is 0 Å². The van der Waals surface area contributed by atoms with Gasteiger partial charge in [0.2, 0.25) is 0 Å². The Morgan fingerprint density at radius 2 is 1.55 bits per heavy atom. The van der Waals surface area contributed by atoms with Crippen LogP contribution in [0, 0.1) is 0 Å². The molecule has 1 aliphatic carbocycles. The van der Waals surface area contributed by atoms with Gasteiger partial charge in [0.1, 0.15) is 0 Å².